The summed E-state index contributed by atoms with van der Waals surface area (Å²) >= 11 is 0. The highest BCUT2D eigenvalue weighted by molar-refractivity contribution is 5.17. The molecule has 20 heavy (non-hydrogen) atoms. The minimum absolute atomic E-state index is 0.529. The lowest BCUT2D eigenvalue weighted by molar-refractivity contribution is 0.207. The predicted octanol–water partition coefficient (Wildman–Crippen LogP) is 3.37. The minimum Gasteiger partial charge on any atom is -0.464 e. The summed E-state index contributed by atoms with van der Waals surface area (Å²) in [7, 11) is 0. The molecule has 2 aliphatic rings. The maximum absolute atomic E-state index is 5.94. The lowest BCUT2D eigenvalue weighted by atomic mass is 10.1. The second kappa shape index (κ2) is 6.31. The number of rotatable bonds is 6. The van der Waals surface area contributed by atoms with E-state index in [1.54, 1.807) is 0 Å². The van der Waals surface area contributed by atoms with Crippen molar-refractivity contribution in [3.8, 4) is 0 Å². The van der Waals surface area contributed by atoms with E-state index in [0.29, 0.717) is 12.0 Å². The molecule has 1 aliphatic carbocycles. The Kier molecular flexibility index (Phi) is 4.47. The van der Waals surface area contributed by atoms with Crippen molar-refractivity contribution in [3.63, 3.8) is 0 Å². The average molecular weight is 276 g/mol. The van der Waals surface area contributed by atoms with Crippen LogP contribution in [0.3, 0.4) is 0 Å². The molecule has 3 rings (SSSR count). The first-order valence-corrected chi connectivity index (χ1v) is 8.26. The average Bonchev–Trinajstić information content (AvgIpc) is 3.01. The van der Waals surface area contributed by atoms with Crippen LogP contribution in [0.4, 0.5) is 0 Å². The van der Waals surface area contributed by atoms with Crippen LogP contribution in [0.1, 0.15) is 57.0 Å². The fourth-order valence-corrected chi connectivity index (χ4v) is 3.28. The first-order chi connectivity index (χ1) is 9.72. The molecule has 1 aromatic heterocycles. The van der Waals surface area contributed by atoms with E-state index >= 15 is 0 Å². The molecule has 112 valence electrons. The Morgan fingerprint density at radius 1 is 1.30 bits per heavy atom. The first-order valence-electron chi connectivity index (χ1n) is 8.26. The molecule has 1 aliphatic heterocycles. The van der Waals surface area contributed by atoms with Crippen LogP contribution in [0.15, 0.2) is 16.5 Å². The van der Waals surface area contributed by atoms with E-state index in [4.69, 9.17) is 4.42 Å². The summed E-state index contributed by atoms with van der Waals surface area (Å²) in [5.74, 6) is 3.79. The van der Waals surface area contributed by atoms with Crippen LogP contribution < -0.4 is 5.32 Å². The van der Waals surface area contributed by atoms with Crippen molar-refractivity contribution in [2.75, 3.05) is 19.6 Å². The van der Waals surface area contributed by atoms with E-state index in [1.807, 2.05) is 0 Å². The summed E-state index contributed by atoms with van der Waals surface area (Å²) in [6.07, 6.45) is 5.44. The van der Waals surface area contributed by atoms with Crippen LogP contribution in [-0.2, 0) is 6.54 Å². The van der Waals surface area contributed by atoms with Crippen molar-refractivity contribution in [1.82, 2.24) is 10.2 Å². The zero-order valence-electron chi connectivity index (χ0n) is 12.9. The van der Waals surface area contributed by atoms with Crippen molar-refractivity contribution in [2.45, 2.75) is 58.0 Å². The standard InChI is InChI=1S/C17H28N2O/c1-13-10-16(13)17-7-6-15(20-17)11-18-14(2)12-19-8-4-3-5-9-19/h6-7,13-14,16,18H,3-5,8-12H2,1-2H3. The third kappa shape index (κ3) is 3.64. The van der Waals surface area contributed by atoms with Crippen molar-refractivity contribution in [3.05, 3.63) is 23.7 Å². The Labute approximate surface area is 122 Å². The summed E-state index contributed by atoms with van der Waals surface area (Å²) in [6, 6.07) is 4.84. The Bertz CT molecular complexity index is 422. The fourth-order valence-electron chi connectivity index (χ4n) is 3.28. The Balaban J connectivity index is 1.40. The molecule has 0 bridgehead atoms. The molecule has 0 amide bonds. The van der Waals surface area contributed by atoms with Gasteiger partial charge < -0.3 is 14.6 Å². The van der Waals surface area contributed by atoms with E-state index in [1.165, 1.54) is 44.5 Å². The van der Waals surface area contributed by atoms with Crippen molar-refractivity contribution < 1.29 is 4.42 Å². The summed E-state index contributed by atoms with van der Waals surface area (Å²) in [5.41, 5.74) is 0. The van der Waals surface area contributed by atoms with Crippen LogP contribution in [0.25, 0.3) is 0 Å². The van der Waals surface area contributed by atoms with Crippen LogP contribution >= 0.6 is 0 Å². The van der Waals surface area contributed by atoms with Gasteiger partial charge in [-0.25, -0.2) is 0 Å². The van der Waals surface area contributed by atoms with Gasteiger partial charge in [-0.05, 0) is 57.3 Å². The molecule has 3 atom stereocenters. The largest absolute Gasteiger partial charge is 0.464 e. The first kappa shape index (κ1) is 14.2. The number of likely N-dealkylation sites (tertiary alicyclic amines) is 1. The number of nitrogens with one attached hydrogen (secondary N) is 1. The number of hydrogen-bond acceptors (Lipinski definition) is 3. The van der Waals surface area contributed by atoms with Crippen LogP contribution in [-0.4, -0.2) is 30.6 Å². The number of piperidine rings is 1. The van der Waals surface area contributed by atoms with E-state index in [-0.39, 0.29) is 0 Å². The van der Waals surface area contributed by atoms with Gasteiger partial charge in [-0.3, -0.25) is 0 Å². The van der Waals surface area contributed by atoms with Gasteiger partial charge in [0.25, 0.3) is 0 Å². The second-order valence-electron chi connectivity index (χ2n) is 6.77. The highest BCUT2D eigenvalue weighted by atomic mass is 16.3. The molecule has 1 saturated carbocycles. The van der Waals surface area contributed by atoms with Gasteiger partial charge in [0.05, 0.1) is 6.54 Å². The fraction of sp³-hybridized carbons (Fsp3) is 0.765. The summed E-state index contributed by atoms with van der Waals surface area (Å²) in [4.78, 5) is 2.58. The molecule has 3 heteroatoms. The predicted molar refractivity (Wildman–Crippen MR) is 81.8 cm³/mol. The lowest BCUT2D eigenvalue weighted by Crippen LogP contribution is -2.41. The van der Waals surface area contributed by atoms with Gasteiger partial charge in [0.2, 0.25) is 0 Å². The van der Waals surface area contributed by atoms with Crippen LogP contribution in [0.2, 0.25) is 0 Å². The summed E-state index contributed by atoms with van der Waals surface area (Å²) < 4.78 is 5.94. The quantitative estimate of drug-likeness (QED) is 0.863. The van der Waals surface area contributed by atoms with Crippen molar-refractivity contribution >= 4 is 0 Å². The van der Waals surface area contributed by atoms with Crippen LogP contribution in [0, 0.1) is 5.92 Å². The molecule has 0 aromatic carbocycles. The topological polar surface area (TPSA) is 28.4 Å². The molecule has 3 unspecified atom stereocenters. The van der Waals surface area contributed by atoms with E-state index in [2.05, 4.69) is 36.2 Å². The van der Waals surface area contributed by atoms with Gasteiger partial charge in [0.1, 0.15) is 11.5 Å². The van der Waals surface area contributed by atoms with Gasteiger partial charge in [-0.1, -0.05) is 13.3 Å². The molecule has 2 heterocycles. The Morgan fingerprint density at radius 2 is 2.05 bits per heavy atom. The van der Waals surface area contributed by atoms with Gasteiger partial charge in [-0.15, -0.1) is 0 Å². The zero-order valence-corrected chi connectivity index (χ0v) is 12.9. The Hall–Kier alpha value is -0.800. The maximum atomic E-state index is 5.94. The molecule has 1 N–H and O–H groups in total. The minimum atomic E-state index is 0.529. The van der Waals surface area contributed by atoms with E-state index in [0.717, 1.165) is 24.8 Å². The smallest absolute Gasteiger partial charge is 0.117 e. The van der Waals surface area contributed by atoms with Crippen molar-refractivity contribution in [1.29, 1.82) is 0 Å². The summed E-state index contributed by atoms with van der Waals surface area (Å²) in [5, 5.41) is 3.59. The molecule has 0 radical (unpaired) electrons. The number of furan rings is 1. The number of hydrogen-bond donors (Lipinski definition) is 1. The zero-order chi connectivity index (χ0) is 13.9. The molecular weight excluding hydrogens is 248 g/mol. The molecule has 3 nitrogen and oxygen atoms in total. The molecule has 2 fully saturated rings. The van der Waals surface area contributed by atoms with Gasteiger partial charge in [0.15, 0.2) is 0 Å². The highest BCUT2D eigenvalue weighted by Gasteiger charge is 2.36. The monoisotopic (exact) mass is 276 g/mol. The number of nitrogens with zero attached hydrogens (tertiary/aromatic N) is 1. The maximum Gasteiger partial charge on any atom is 0.117 e. The lowest BCUT2D eigenvalue weighted by Gasteiger charge is -2.29. The Morgan fingerprint density at radius 3 is 2.75 bits per heavy atom. The molecule has 1 saturated heterocycles. The summed E-state index contributed by atoms with van der Waals surface area (Å²) in [6.45, 7) is 9.14. The SMILES string of the molecule is CC(CN1CCCCC1)NCc1ccc(C2CC2C)o1. The van der Waals surface area contributed by atoms with Gasteiger partial charge >= 0.3 is 0 Å². The van der Waals surface area contributed by atoms with Gasteiger partial charge in [-0.2, -0.15) is 0 Å². The van der Waals surface area contributed by atoms with Gasteiger partial charge in [0, 0.05) is 18.5 Å². The highest BCUT2D eigenvalue weighted by Crippen LogP contribution is 2.47. The molecule has 0 spiro atoms. The molecule has 1 aromatic rings. The van der Waals surface area contributed by atoms with E-state index in [9.17, 15) is 0 Å². The van der Waals surface area contributed by atoms with Crippen molar-refractivity contribution in [2.24, 2.45) is 5.92 Å². The second-order valence-corrected chi connectivity index (χ2v) is 6.77. The third-order valence-corrected chi connectivity index (χ3v) is 4.76. The van der Waals surface area contributed by atoms with E-state index < -0.39 is 0 Å². The molecular formula is C17H28N2O. The third-order valence-electron chi connectivity index (χ3n) is 4.76. The normalized spacial score (nSPS) is 28.5. The van der Waals surface area contributed by atoms with Crippen LogP contribution in [0.5, 0.6) is 0 Å².